The number of carboxylic acid groups (broad SMARTS) is 1. The zero-order chi connectivity index (χ0) is 19.1. The molecule has 144 valence electrons. The number of ether oxygens (including phenoxy) is 2. The highest BCUT2D eigenvalue weighted by molar-refractivity contribution is 5.66. The fourth-order valence-corrected chi connectivity index (χ4v) is 3.94. The van der Waals surface area contributed by atoms with Crippen LogP contribution < -0.4 is 4.74 Å². The third-order valence-electron chi connectivity index (χ3n) is 5.34. The first-order chi connectivity index (χ1) is 13.1. The SMILES string of the molecule is CC1(CCCOCCC(=O)O)CC(c2ccccc2Oc2ccccc2)C1. The van der Waals surface area contributed by atoms with Crippen molar-refractivity contribution in [2.24, 2.45) is 5.41 Å². The maximum Gasteiger partial charge on any atom is 0.305 e. The minimum Gasteiger partial charge on any atom is -0.481 e. The molecule has 0 amide bonds. The number of rotatable bonds is 10. The van der Waals surface area contributed by atoms with Crippen molar-refractivity contribution in [3.8, 4) is 11.5 Å². The summed E-state index contributed by atoms with van der Waals surface area (Å²) in [4.78, 5) is 10.5. The van der Waals surface area contributed by atoms with Gasteiger partial charge in [0.2, 0.25) is 0 Å². The molecule has 1 saturated carbocycles. The van der Waals surface area contributed by atoms with E-state index in [1.54, 1.807) is 0 Å². The molecule has 1 aliphatic rings. The fourth-order valence-electron chi connectivity index (χ4n) is 3.94. The van der Waals surface area contributed by atoms with Crippen molar-refractivity contribution >= 4 is 5.97 Å². The average Bonchev–Trinajstić information content (AvgIpc) is 2.63. The van der Waals surface area contributed by atoms with Crippen molar-refractivity contribution in [1.29, 1.82) is 0 Å². The van der Waals surface area contributed by atoms with E-state index in [0.29, 0.717) is 24.5 Å². The van der Waals surface area contributed by atoms with Crippen LogP contribution in [0.1, 0.15) is 50.5 Å². The summed E-state index contributed by atoms with van der Waals surface area (Å²) in [6, 6.07) is 18.2. The molecule has 3 rings (SSSR count). The van der Waals surface area contributed by atoms with E-state index in [9.17, 15) is 4.79 Å². The van der Waals surface area contributed by atoms with Gasteiger partial charge in [0.1, 0.15) is 11.5 Å². The number of para-hydroxylation sites is 2. The predicted octanol–water partition coefficient (Wildman–Crippen LogP) is 5.63. The molecule has 1 fully saturated rings. The molecule has 0 spiro atoms. The van der Waals surface area contributed by atoms with Gasteiger partial charge in [-0.2, -0.15) is 0 Å². The van der Waals surface area contributed by atoms with Crippen LogP contribution in [-0.2, 0) is 9.53 Å². The van der Waals surface area contributed by atoms with E-state index < -0.39 is 5.97 Å². The van der Waals surface area contributed by atoms with Gasteiger partial charge in [-0.15, -0.1) is 0 Å². The lowest BCUT2D eigenvalue weighted by atomic mass is 9.59. The quantitative estimate of drug-likeness (QED) is 0.552. The Morgan fingerprint density at radius 3 is 2.52 bits per heavy atom. The predicted molar refractivity (Wildman–Crippen MR) is 105 cm³/mol. The number of aliphatic carboxylic acids is 1. The summed E-state index contributed by atoms with van der Waals surface area (Å²) in [5.41, 5.74) is 1.62. The van der Waals surface area contributed by atoms with Crippen LogP contribution in [-0.4, -0.2) is 24.3 Å². The number of hydrogen-bond acceptors (Lipinski definition) is 3. The van der Waals surface area contributed by atoms with Crippen molar-refractivity contribution in [2.45, 2.75) is 44.9 Å². The number of carboxylic acids is 1. The monoisotopic (exact) mass is 368 g/mol. The molecule has 0 aliphatic heterocycles. The maximum absolute atomic E-state index is 10.5. The molecule has 4 nitrogen and oxygen atoms in total. The molecule has 0 unspecified atom stereocenters. The number of carbonyl (C=O) groups is 1. The first-order valence-corrected chi connectivity index (χ1v) is 9.67. The summed E-state index contributed by atoms with van der Waals surface area (Å²) in [6.07, 6.45) is 4.47. The van der Waals surface area contributed by atoms with Gasteiger partial charge in [-0.05, 0) is 60.8 Å². The molecule has 1 N–H and O–H groups in total. The summed E-state index contributed by atoms with van der Waals surface area (Å²) >= 11 is 0. The Kier molecular flexibility index (Phi) is 6.51. The van der Waals surface area contributed by atoms with Gasteiger partial charge in [0.25, 0.3) is 0 Å². The van der Waals surface area contributed by atoms with Gasteiger partial charge in [-0.1, -0.05) is 43.3 Å². The average molecular weight is 368 g/mol. The summed E-state index contributed by atoms with van der Waals surface area (Å²) < 4.78 is 11.5. The summed E-state index contributed by atoms with van der Waals surface area (Å²) in [7, 11) is 0. The molecule has 27 heavy (non-hydrogen) atoms. The summed E-state index contributed by atoms with van der Waals surface area (Å²) in [5.74, 6) is 1.54. The Hall–Kier alpha value is -2.33. The number of hydrogen-bond donors (Lipinski definition) is 1. The second-order valence-corrected chi connectivity index (χ2v) is 7.73. The Morgan fingerprint density at radius 1 is 1.07 bits per heavy atom. The number of benzene rings is 2. The van der Waals surface area contributed by atoms with Crippen molar-refractivity contribution in [2.75, 3.05) is 13.2 Å². The van der Waals surface area contributed by atoms with Gasteiger partial charge in [0.15, 0.2) is 0 Å². The lowest BCUT2D eigenvalue weighted by Crippen LogP contribution is -2.33. The lowest BCUT2D eigenvalue weighted by Gasteiger charge is -2.46. The topological polar surface area (TPSA) is 55.8 Å². The first-order valence-electron chi connectivity index (χ1n) is 9.67. The Bertz CT molecular complexity index is 735. The van der Waals surface area contributed by atoms with Crippen LogP contribution >= 0.6 is 0 Å². The standard InChI is InChI=1S/C23H28O4/c1-23(13-7-14-26-15-12-22(24)25)16-18(17-23)20-10-5-6-11-21(20)27-19-8-3-2-4-9-19/h2-6,8-11,18H,7,12-17H2,1H3,(H,24,25). The van der Waals surface area contributed by atoms with E-state index in [2.05, 4.69) is 19.1 Å². The molecular weight excluding hydrogens is 340 g/mol. The molecule has 4 heteroatoms. The molecule has 0 heterocycles. The smallest absolute Gasteiger partial charge is 0.305 e. The molecule has 0 aromatic heterocycles. The van der Waals surface area contributed by atoms with E-state index >= 15 is 0 Å². The third kappa shape index (κ3) is 5.57. The highest BCUT2D eigenvalue weighted by Crippen LogP contribution is 2.55. The fraction of sp³-hybridized carbons (Fsp3) is 0.435. The first kappa shape index (κ1) is 19.4. The van der Waals surface area contributed by atoms with Crippen LogP contribution in [0.25, 0.3) is 0 Å². The minimum atomic E-state index is -0.805. The van der Waals surface area contributed by atoms with E-state index in [-0.39, 0.29) is 6.42 Å². The van der Waals surface area contributed by atoms with Crippen LogP contribution in [0.15, 0.2) is 54.6 Å². The Labute approximate surface area is 161 Å². The van der Waals surface area contributed by atoms with Gasteiger partial charge >= 0.3 is 5.97 Å². The Morgan fingerprint density at radius 2 is 1.78 bits per heavy atom. The van der Waals surface area contributed by atoms with Crippen LogP contribution in [0.2, 0.25) is 0 Å². The maximum atomic E-state index is 10.5. The van der Waals surface area contributed by atoms with Crippen molar-refractivity contribution in [3.63, 3.8) is 0 Å². The van der Waals surface area contributed by atoms with E-state index in [1.165, 1.54) is 5.56 Å². The molecular formula is C23H28O4. The highest BCUT2D eigenvalue weighted by atomic mass is 16.5. The Balaban J connectivity index is 1.48. The van der Waals surface area contributed by atoms with Crippen molar-refractivity contribution in [1.82, 2.24) is 0 Å². The van der Waals surface area contributed by atoms with Crippen molar-refractivity contribution < 1.29 is 19.4 Å². The molecule has 0 bridgehead atoms. The second kappa shape index (κ2) is 9.05. The van der Waals surface area contributed by atoms with Gasteiger partial charge in [-0.25, -0.2) is 0 Å². The largest absolute Gasteiger partial charge is 0.481 e. The van der Waals surface area contributed by atoms with Gasteiger partial charge in [0.05, 0.1) is 13.0 Å². The molecule has 2 aromatic carbocycles. The zero-order valence-electron chi connectivity index (χ0n) is 15.9. The van der Waals surface area contributed by atoms with Crippen LogP contribution in [0.4, 0.5) is 0 Å². The lowest BCUT2D eigenvalue weighted by molar-refractivity contribution is -0.138. The van der Waals surface area contributed by atoms with Gasteiger partial charge < -0.3 is 14.6 Å². The van der Waals surface area contributed by atoms with Crippen LogP contribution in [0, 0.1) is 5.41 Å². The molecule has 0 radical (unpaired) electrons. The van der Waals surface area contributed by atoms with Crippen LogP contribution in [0.3, 0.4) is 0 Å². The minimum absolute atomic E-state index is 0.0809. The van der Waals surface area contributed by atoms with E-state index in [4.69, 9.17) is 14.6 Å². The zero-order valence-corrected chi connectivity index (χ0v) is 15.9. The van der Waals surface area contributed by atoms with Crippen molar-refractivity contribution in [3.05, 3.63) is 60.2 Å². The van der Waals surface area contributed by atoms with Gasteiger partial charge in [0, 0.05) is 6.61 Å². The molecule has 0 saturated heterocycles. The summed E-state index contributed by atoms with van der Waals surface area (Å²) in [6.45, 7) is 3.28. The molecule has 0 atom stereocenters. The highest BCUT2D eigenvalue weighted by Gasteiger charge is 2.41. The normalized spacial score (nSPS) is 21.4. The molecule has 1 aliphatic carbocycles. The van der Waals surface area contributed by atoms with E-state index in [0.717, 1.165) is 37.2 Å². The van der Waals surface area contributed by atoms with E-state index in [1.807, 2.05) is 42.5 Å². The third-order valence-corrected chi connectivity index (χ3v) is 5.34. The summed E-state index contributed by atoms with van der Waals surface area (Å²) in [5, 5.41) is 8.61. The molecule has 2 aromatic rings. The second-order valence-electron chi connectivity index (χ2n) is 7.73. The van der Waals surface area contributed by atoms with Crippen LogP contribution in [0.5, 0.6) is 11.5 Å². The van der Waals surface area contributed by atoms with Gasteiger partial charge in [-0.3, -0.25) is 4.79 Å².